The maximum atomic E-state index is 11.0. The number of carbonyl (C=O) groups is 4. The van der Waals surface area contributed by atoms with E-state index >= 15 is 0 Å². The summed E-state index contributed by atoms with van der Waals surface area (Å²) in [6.45, 7) is 0. The van der Waals surface area contributed by atoms with Gasteiger partial charge in [0.25, 0.3) is 0 Å². The molecule has 1 rings (SSSR count). The summed E-state index contributed by atoms with van der Waals surface area (Å²) >= 11 is 3.68. The van der Waals surface area contributed by atoms with Crippen LogP contribution in [0.3, 0.4) is 0 Å². The van der Waals surface area contributed by atoms with Gasteiger partial charge in [-0.25, -0.2) is 19.2 Å². The number of hydrogen-bond acceptors (Lipinski definition) is 5. The van der Waals surface area contributed by atoms with Crippen LogP contribution in [0.2, 0.25) is 0 Å². The summed E-state index contributed by atoms with van der Waals surface area (Å²) in [7, 11) is 0. The molecule has 0 fully saturated rings. The first-order chi connectivity index (χ1) is 8.68. The van der Waals surface area contributed by atoms with Crippen molar-refractivity contribution >= 4 is 36.5 Å². The molecule has 100 valence electrons. The molecule has 0 aliphatic rings. The average molecular weight is 286 g/mol. The van der Waals surface area contributed by atoms with E-state index < -0.39 is 51.0 Å². The zero-order valence-corrected chi connectivity index (χ0v) is 9.84. The van der Waals surface area contributed by atoms with E-state index in [1.807, 2.05) is 0 Å². The Morgan fingerprint density at radius 3 is 1.47 bits per heavy atom. The molecule has 1 aromatic carbocycles. The van der Waals surface area contributed by atoms with Crippen LogP contribution in [0.15, 0.2) is 11.0 Å². The molecule has 1 aromatic rings. The Morgan fingerprint density at radius 2 is 1.16 bits per heavy atom. The molecule has 0 saturated heterocycles. The molecule has 9 heteroatoms. The minimum Gasteiger partial charge on any atom is -0.478 e. The van der Waals surface area contributed by atoms with E-state index in [-0.39, 0.29) is 0 Å². The second kappa shape index (κ2) is 4.98. The number of hydrogen-bond donors (Lipinski definition) is 5. The van der Waals surface area contributed by atoms with Crippen LogP contribution >= 0.6 is 12.6 Å². The first-order valence-corrected chi connectivity index (χ1v) is 4.96. The maximum Gasteiger partial charge on any atom is 0.337 e. The van der Waals surface area contributed by atoms with Crippen LogP contribution in [0.5, 0.6) is 0 Å². The Morgan fingerprint density at radius 1 is 0.737 bits per heavy atom. The molecule has 0 unspecified atom stereocenters. The lowest BCUT2D eigenvalue weighted by atomic mass is 9.95. The van der Waals surface area contributed by atoms with Gasteiger partial charge in [-0.1, -0.05) is 0 Å². The predicted molar refractivity (Wildman–Crippen MR) is 61.5 cm³/mol. The van der Waals surface area contributed by atoms with Crippen molar-refractivity contribution in [1.82, 2.24) is 0 Å². The first kappa shape index (κ1) is 14.5. The zero-order chi connectivity index (χ0) is 14.9. The quantitative estimate of drug-likeness (QED) is 0.509. The van der Waals surface area contributed by atoms with E-state index in [4.69, 9.17) is 20.4 Å². The van der Waals surface area contributed by atoms with E-state index in [1.54, 1.807) is 0 Å². The summed E-state index contributed by atoms with van der Waals surface area (Å²) in [6.07, 6.45) is 0. The van der Waals surface area contributed by atoms with Gasteiger partial charge >= 0.3 is 23.9 Å². The minimum absolute atomic E-state index is 0.452. The summed E-state index contributed by atoms with van der Waals surface area (Å²) in [5.74, 6) is -7.15. The van der Waals surface area contributed by atoms with Gasteiger partial charge in [-0.05, 0) is 6.07 Å². The van der Waals surface area contributed by atoms with Crippen molar-refractivity contribution in [3.05, 3.63) is 28.3 Å². The van der Waals surface area contributed by atoms with Crippen LogP contribution in [-0.2, 0) is 0 Å². The molecule has 0 aliphatic heterocycles. The Bertz CT molecular complexity index is 618. The van der Waals surface area contributed by atoms with Crippen molar-refractivity contribution in [3.8, 4) is 0 Å². The summed E-state index contributed by atoms with van der Waals surface area (Å²) in [5, 5.41) is 35.5. The fourth-order valence-corrected chi connectivity index (χ4v) is 1.83. The standard InChI is InChI=1S/C10H6O8S/c11-7(12)2-1-3(19)5(9(15)16)6(10(17)18)4(2)8(13)14/h1,19H,(H,11,12)(H,13,14)(H,15,16)(H,17,18). The van der Waals surface area contributed by atoms with Crippen LogP contribution in [0, 0.1) is 0 Å². The van der Waals surface area contributed by atoms with E-state index in [1.165, 1.54) is 0 Å². The van der Waals surface area contributed by atoms with Crippen LogP contribution in [-0.4, -0.2) is 44.3 Å². The summed E-state index contributed by atoms with van der Waals surface area (Å²) < 4.78 is 0. The summed E-state index contributed by atoms with van der Waals surface area (Å²) in [5.41, 5.74) is -3.95. The number of carboxylic acids is 4. The lowest BCUT2D eigenvalue weighted by Gasteiger charge is -2.11. The van der Waals surface area contributed by atoms with Crippen LogP contribution in [0.1, 0.15) is 41.4 Å². The molecule has 0 aromatic heterocycles. The molecule has 19 heavy (non-hydrogen) atoms. The van der Waals surface area contributed by atoms with E-state index in [0.29, 0.717) is 6.07 Å². The third-order valence-corrected chi connectivity index (χ3v) is 2.53. The number of rotatable bonds is 4. The van der Waals surface area contributed by atoms with Crippen molar-refractivity contribution in [2.75, 3.05) is 0 Å². The summed E-state index contributed by atoms with van der Waals surface area (Å²) in [4.78, 5) is 43.4. The van der Waals surface area contributed by atoms with Gasteiger partial charge < -0.3 is 20.4 Å². The average Bonchev–Trinajstić information content (AvgIpc) is 2.25. The SMILES string of the molecule is O=C(O)c1cc(S)c(C(=O)O)c(C(=O)O)c1C(=O)O. The van der Waals surface area contributed by atoms with Crippen molar-refractivity contribution in [2.45, 2.75) is 4.90 Å². The Kier molecular flexibility index (Phi) is 3.80. The number of thiol groups is 1. The van der Waals surface area contributed by atoms with Gasteiger partial charge in [0.2, 0.25) is 0 Å². The molecule has 0 radical (unpaired) electrons. The van der Waals surface area contributed by atoms with Gasteiger partial charge in [0.1, 0.15) is 0 Å². The molecular formula is C10H6O8S. The van der Waals surface area contributed by atoms with Crippen molar-refractivity contribution in [1.29, 1.82) is 0 Å². The number of carboxylic acid groups (broad SMARTS) is 4. The first-order valence-electron chi connectivity index (χ1n) is 4.51. The largest absolute Gasteiger partial charge is 0.478 e. The molecule has 0 atom stereocenters. The topological polar surface area (TPSA) is 149 Å². The molecule has 0 bridgehead atoms. The van der Waals surface area contributed by atoms with Gasteiger partial charge in [0, 0.05) is 4.90 Å². The predicted octanol–water partition coefficient (Wildman–Crippen LogP) is 0.768. The fraction of sp³-hybridized carbons (Fsp3) is 0. The highest BCUT2D eigenvalue weighted by molar-refractivity contribution is 7.80. The highest BCUT2D eigenvalue weighted by Gasteiger charge is 2.31. The molecule has 0 saturated carbocycles. The zero-order valence-electron chi connectivity index (χ0n) is 8.95. The third-order valence-electron chi connectivity index (χ3n) is 2.18. The molecule has 0 spiro atoms. The molecule has 0 amide bonds. The highest BCUT2D eigenvalue weighted by atomic mass is 32.1. The second-order valence-electron chi connectivity index (χ2n) is 3.29. The lowest BCUT2D eigenvalue weighted by Crippen LogP contribution is -2.20. The van der Waals surface area contributed by atoms with E-state index in [2.05, 4.69) is 12.6 Å². The number of aromatic carboxylic acids is 4. The van der Waals surface area contributed by atoms with Gasteiger partial charge in [-0.2, -0.15) is 0 Å². The fourth-order valence-electron chi connectivity index (χ4n) is 1.49. The van der Waals surface area contributed by atoms with Gasteiger partial charge in [0.15, 0.2) is 0 Å². The molecule has 4 N–H and O–H groups in total. The van der Waals surface area contributed by atoms with E-state index in [9.17, 15) is 19.2 Å². The van der Waals surface area contributed by atoms with Crippen LogP contribution in [0.4, 0.5) is 0 Å². The molecule has 0 aliphatic carbocycles. The van der Waals surface area contributed by atoms with Gasteiger partial charge in [-0.15, -0.1) is 12.6 Å². The highest BCUT2D eigenvalue weighted by Crippen LogP contribution is 2.27. The Hall–Kier alpha value is -2.55. The summed E-state index contributed by atoms with van der Waals surface area (Å²) in [6, 6.07) is 0.685. The van der Waals surface area contributed by atoms with Crippen molar-refractivity contribution in [3.63, 3.8) is 0 Å². The molecular weight excluding hydrogens is 280 g/mol. The van der Waals surface area contributed by atoms with Gasteiger partial charge in [0.05, 0.1) is 22.3 Å². The number of benzene rings is 1. The van der Waals surface area contributed by atoms with Crippen molar-refractivity contribution in [2.24, 2.45) is 0 Å². The third kappa shape index (κ3) is 2.50. The monoisotopic (exact) mass is 286 g/mol. The Balaban J connectivity index is 3.98. The minimum atomic E-state index is -1.87. The van der Waals surface area contributed by atoms with Crippen molar-refractivity contribution < 1.29 is 39.6 Å². The maximum absolute atomic E-state index is 11.0. The van der Waals surface area contributed by atoms with Gasteiger partial charge in [-0.3, -0.25) is 0 Å². The lowest BCUT2D eigenvalue weighted by molar-refractivity contribution is 0.0617. The van der Waals surface area contributed by atoms with Crippen LogP contribution < -0.4 is 0 Å². The molecule has 0 heterocycles. The smallest absolute Gasteiger partial charge is 0.337 e. The Labute approximate surface area is 110 Å². The van der Waals surface area contributed by atoms with E-state index in [0.717, 1.165) is 0 Å². The van der Waals surface area contributed by atoms with Crippen LogP contribution in [0.25, 0.3) is 0 Å². The molecule has 8 nitrogen and oxygen atoms in total. The second-order valence-corrected chi connectivity index (χ2v) is 3.77. The normalized spacial score (nSPS) is 9.95.